The Hall–Kier alpha value is -2.39. The van der Waals surface area contributed by atoms with Gasteiger partial charge in [0.15, 0.2) is 0 Å². The first-order valence-corrected chi connectivity index (χ1v) is 12.2. The van der Waals surface area contributed by atoms with Crippen molar-refractivity contribution in [3.63, 3.8) is 0 Å². The Bertz CT molecular complexity index is 956. The molecular weight excluding hydrogens is 451 g/mol. The summed E-state index contributed by atoms with van der Waals surface area (Å²) >= 11 is 1.84. The zero-order chi connectivity index (χ0) is 23.4. The normalized spacial score (nSPS) is 23.9. The lowest BCUT2D eigenvalue weighted by atomic mass is 9.84. The summed E-state index contributed by atoms with van der Waals surface area (Å²) in [6.07, 6.45) is 1.05. The molecule has 0 unspecified atom stereocenters. The largest absolute Gasteiger partial charge is 0.416 e. The second kappa shape index (κ2) is 10.3. The van der Waals surface area contributed by atoms with Gasteiger partial charge in [-0.2, -0.15) is 13.2 Å². The first kappa shape index (κ1) is 23.8. The Morgan fingerprint density at radius 1 is 1.06 bits per heavy atom. The molecule has 1 saturated heterocycles. The highest BCUT2D eigenvalue weighted by atomic mass is 32.1. The van der Waals surface area contributed by atoms with Crippen molar-refractivity contribution >= 4 is 23.2 Å². The van der Waals surface area contributed by atoms with Gasteiger partial charge >= 0.3 is 6.18 Å². The van der Waals surface area contributed by atoms with Crippen LogP contribution in [0.2, 0.25) is 0 Å². The summed E-state index contributed by atoms with van der Waals surface area (Å²) in [4.78, 5) is 28.4. The second-order valence-corrected chi connectivity index (χ2v) is 9.81. The summed E-state index contributed by atoms with van der Waals surface area (Å²) in [6, 6.07) is 9.08. The van der Waals surface area contributed by atoms with Crippen molar-refractivity contribution < 1.29 is 22.8 Å². The fraction of sp³-hybridized carbons (Fsp3) is 0.500. The van der Waals surface area contributed by atoms with Crippen molar-refractivity contribution in [2.45, 2.75) is 56.3 Å². The van der Waals surface area contributed by atoms with Gasteiger partial charge in [-0.25, -0.2) is 0 Å². The van der Waals surface area contributed by atoms with Crippen molar-refractivity contribution in [2.24, 2.45) is 0 Å². The number of likely N-dealkylation sites (tertiary alicyclic amines) is 1. The summed E-state index contributed by atoms with van der Waals surface area (Å²) in [5.41, 5.74) is -1.02. The lowest BCUT2D eigenvalue weighted by molar-refractivity contribution is -0.137. The van der Waals surface area contributed by atoms with Crippen molar-refractivity contribution in [2.75, 3.05) is 19.6 Å². The van der Waals surface area contributed by atoms with Crippen LogP contribution in [-0.2, 0) is 11.0 Å². The number of carbonyl (C=O) groups is 2. The molecule has 2 N–H and O–H groups in total. The Morgan fingerprint density at radius 3 is 2.55 bits per heavy atom. The quantitative estimate of drug-likeness (QED) is 0.645. The van der Waals surface area contributed by atoms with Crippen LogP contribution in [0.3, 0.4) is 0 Å². The molecule has 4 rings (SSSR count). The van der Waals surface area contributed by atoms with Crippen LogP contribution in [0.15, 0.2) is 41.8 Å². The van der Waals surface area contributed by atoms with Gasteiger partial charge in [-0.05, 0) is 67.7 Å². The number of alkyl halides is 3. The van der Waals surface area contributed by atoms with Gasteiger partial charge in [0.25, 0.3) is 5.91 Å². The van der Waals surface area contributed by atoms with E-state index in [-0.39, 0.29) is 24.1 Å². The number of nitrogens with one attached hydrogen (secondary N) is 2. The zero-order valence-corrected chi connectivity index (χ0v) is 19.1. The van der Waals surface area contributed by atoms with Crippen molar-refractivity contribution in [3.05, 3.63) is 57.8 Å². The van der Waals surface area contributed by atoms with Gasteiger partial charge in [0, 0.05) is 35.6 Å². The van der Waals surface area contributed by atoms with Crippen molar-refractivity contribution in [1.82, 2.24) is 15.5 Å². The van der Waals surface area contributed by atoms with E-state index in [1.165, 1.54) is 29.9 Å². The maximum atomic E-state index is 12.8. The van der Waals surface area contributed by atoms with Crippen LogP contribution in [0.5, 0.6) is 0 Å². The molecule has 1 aliphatic heterocycles. The van der Waals surface area contributed by atoms with Gasteiger partial charge in [0.2, 0.25) is 5.91 Å². The molecule has 33 heavy (non-hydrogen) atoms. The van der Waals surface area contributed by atoms with E-state index in [9.17, 15) is 22.8 Å². The third-order valence-electron chi connectivity index (χ3n) is 6.61. The summed E-state index contributed by atoms with van der Waals surface area (Å²) in [5, 5.41) is 7.50. The summed E-state index contributed by atoms with van der Waals surface area (Å²) < 4.78 is 38.5. The first-order valence-electron chi connectivity index (χ1n) is 11.3. The molecule has 2 aromatic rings. The van der Waals surface area contributed by atoms with E-state index >= 15 is 0 Å². The summed E-state index contributed by atoms with van der Waals surface area (Å²) in [6.45, 7) is 1.47. The fourth-order valence-corrected chi connectivity index (χ4v) is 5.76. The Labute approximate surface area is 195 Å². The number of hydrogen-bond donors (Lipinski definition) is 2. The molecule has 9 heteroatoms. The summed E-state index contributed by atoms with van der Waals surface area (Å²) in [5.74, 6) is -0.366. The second-order valence-electron chi connectivity index (χ2n) is 8.83. The van der Waals surface area contributed by atoms with E-state index in [1.54, 1.807) is 0 Å². The molecule has 1 aromatic heterocycles. The molecule has 2 fully saturated rings. The Balaban J connectivity index is 1.19. The Morgan fingerprint density at radius 2 is 1.85 bits per heavy atom. The molecule has 178 valence electrons. The van der Waals surface area contributed by atoms with Crippen molar-refractivity contribution in [3.8, 4) is 0 Å². The molecule has 1 aromatic carbocycles. The minimum absolute atomic E-state index is 0.0259. The van der Waals surface area contributed by atoms with E-state index in [0.717, 1.165) is 44.5 Å². The number of amides is 2. The van der Waals surface area contributed by atoms with E-state index < -0.39 is 17.6 Å². The average Bonchev–Trinajstić information content (AvgIpc) is 3.50. The minimum Gasteiger partial charge on any atom is -0.350 e. The van der Waals surface area contributed by atoms with E-state index in [4.69, 9.17) is 0 Å². The third kappa shape index (κ3) is 6.14. The van der Waals surface area contributed by atoms with Gasteiger partial charge in [-0.15, -0.1) is 11.3 Å². The number of nitrogens with zero attached hydrogens (tertiary/aromatic N) is 1. The van der Waals surface area contributed by atoms with E-state index in [2.05, 4.69) is 33.0 Å². The molecule has 0 spiro atoms. The minimum atomic E-state index is -4.52. The van der Waals surface area contributed by atoms with Crippen LogP contribution in [0.4, 0.5) is 13.2 Å². The molecule has 1 atom stereocenters. The van der Waals surface area contributed by atoms with Gasteiger partial charge < -0.3 is 10.6 Å². The van der Waals surface area contributed by atoms with Crippen LogP contribution in [0.25, 0.3) is 0 Å². The molecule has 2 amide bonds. The number of rotatable bonds is 6. The topological polar surface area (TPSA) is 61.4 Å². The molecule has 5 nitrogen and oxygen atoms in total. The van der Waals surface area contributed by atoms with Gasteiger partial charge in [0.1, 0.15) is 0 Å². The highest BCUT2D eigenvalue weighted by Crippen LogP contribution is 2.37. The molecule has 1 saturated carbocycles. The highest BCUT2D eigenvalue weighted by molar-refractivity contribution is 7.10. The van der Waals surface area contributed by atoms with Crippen LogP contribution in [-0.4, -0.2) is 48.4 Å². The lowest BCUT2D eigenvalue weighted by Gasteiger charge is -2.34. The van der Waals surface area contributed by atoms with E-state index in [1.807, 2.05) is 11.3 Å². The predicted molar refractivity (Wildman–Crippen MR) is 121 cm³/mol. The van der Waals surface area contributed by atoms with Crippen LogP contribution in [0, 0.1) is 0 Å². The number of benzene rings is 1. The van der Waals surface area contributed by atoms with Gasteiger partial charge in [-0.1, -0.05) is 12.1 Å². The third-order valence-corrected chi connectivity index (χ3v) is 7.64. The van der Waals surface area contributed by atoms with Crippen molar-refractivity contribution in [1.29, 1.82) is 0 Å². The highest BCUT2D eigenvalue weighted by Gasteiger charge is 2.33. The monoisotopic (exact) mass is 479 g/mol. The maximum absolute atomic E-state index is 12.8. The number of thiophene rings is 1. The van der Waals surface area contributed by atoms with Crippen LogP contribution >= 0.6 is 11.3 Å². The molecular formula is C24H28F3N3O2S. The number of halogens is 3. The number of hydrogen-bond acceptors (Lipinski definition) is 4. The van der Waals surface area contributed by atoms with Crippen LogP contribution in [0.1, 0.15) is 58.8 Å². The standard InChI is InChI=1S/C24H28F3N3O2S/c25-24(26,27)18-4-1-3-17(13-18)23(32)28-14-22(31)29-19-10-11-30(15-19)20-8-6-16(7-9-20)21-5-2-12-33-21/h1-5,12-13,16,19-20H,6-11,14-15H2,(H,28,32)(H,29,31)/t16?,19-,20?/m1/s1. The number of carbonyl (C=O) groups excluding carboxylic acids is 2. The molecule has 2 heterocycles. The van der Waals surface area contributed by atoms with E-state index in [0.29, 0.717) is 12.0 Å². The Kier molecular flexibility index (Phi) is 7.38. The molecule has 1 aliphatic carbocycles. The zero-order valence-electron chi connectivity index (χ0n) is 18.2. The fourth-order valence-electron chi connectivity index (χ4n) is 4.86. The molecule has 0 radical (unpaired) electrons. The maximum Gasteiger partial charge on any atom is 0.416 e. The van der Waals surface area contributed by atoms with Gasteiger partial charge in [0.05, 0.1) is 12.1 Å². The molecule has 0 bridgehead atoms. The predicted octanol–water partition coefficient (Wildman–Crippen LogP) is 4.41. The summed E-state index contributed by atoms with van der Waals surface area (Å²) in [7, 11) is 0. The van der Waals surface area contributed by atoms with Gasteiger partial charge in [-0.3, -0.25) is 14.5 Å². The average molecular weight is 480 g/mol. The lowest BCUT2D eigenvalue weighted by Crippen LogP contribution is -2.44. The smallest absolute Gasteiger partial charge is 0.350 e. The SMILES string of the molecule is O=C(CNC(=O)c1cccc(C(F)(F)F)c1)N[C@@H]1CCN(C2CCC(c3cccs3)CC2)C1. The van der Waals surface area contributed by atoms with Crippen LogP contribution < -0.4 is 10.6 Å². The first-order chi connectivity index (χ1) is 15.8. The molecule has 2 aliphatic rings.